The van der Waals surface area contributed by atoms with E-state index in [9.17, 15) is 4.79 Å². The van der Waals surface area contributed by atoms with Crippen molar-refractivity contribution in [2.24, 2.45) is 0 Å². The SMILES string of the molecule is CCC(NC(=O)Nc1ccc(N)cc1)c1ncc[nH]1. The van der Waals surface area contributed by atoms with E-state index in [1.807, 2.05) is 6.92 Å². The van der Waals surface area contributed by atoms with Gasteiger partial charge in [-0.25, -0.2) is 9.78 Å². The van der Waals surface area contributed by atoms with Gasteiger partial charge in [-0.1, -0.05) is 6.92 Å². The minimum absolute atomic E-state index is 0.135. The van der Waals surface area contributed by atoms with Gasteiger partial charge in [0.2, 0.25) is 0 Å². The molecule has 1 heterocycles. The average molecular weight is 259 g/mol. The lowest BCUT2D eigenvalue weighted by Gasteiger charge is -2.15. The van der Waals surface area contributed by atoms with Crippen molar-refractivity contribution in [3.05, 3.63) is 42.5 Å². The zero-order valence-electron chi connectivity index (χ0n) is 10.7. The molecule has 0 saturated heterocycles. The maximum absolute atomic E-state index is 11.9. The number of nitrogens with one attached hydrogen (secondary N) is 3. The second kappa shape index (κ2) is 5.90. The molecule has 0 radical (unpaired) electrons. The molecule has 0 saturated carbocycles. The highest BCUT2D eigenvalue weighted by Crippen LogP contribution is 2.13. The largest absolute Gasteiger partial charge is 0.399 e. The van der Waals surface area contributed by atoms with Crippen LogP contribution in [0.25, 0.3) is 0 Å². The molecule has 6 nitrogen and oxygen atoms in total. The van der Waals surface area contributed by atoms with Crippen LogP contribution in [0.1, 0.15) is 25.2 Å². The Labute approximate surface area is 111 Å². The lowest BCUT2D eigenvalue weighted by molar-refractivity contribution is 0.247. The molecule has 100 valence electrons. The number of benzene rings is 1. The number of carbonyl (C=O) groups is 1. The van der Waals surface area contributed by atoms with Crippen molar-refractivity contribution in [3.8, 4) is 0 Å². The number of hydrogen-bond acceptors (Lipinski definition) is 3. The monoisotopic (exact) mass is 259 g/mol. The second-order valence-corrected chi connectivity index (χ2v) is 4.16. The molecule has 1 aromatic carbocycles. The molecule has 0 fully saturated rings. The number of nitrogen functional groups attached to an aromatic ring is 1. The van der Waals surface area contributed by atoms with Crippen molar-refractivity contribution in [2.45, 2.75) is 19.4 Å². The van der Waals surface area contributed by atoms with Crippen LogP contribution in [0, 0.1) is 0 Å². The van der Waals surface area contributed by atoms with Gasteiger partial charge in [0.25, 0.3) is 0 Å². The van der Waals surface area contributed by atoms with Crippen LogP contribution in [-0.4, -0.2) is 16.0 Å². The van der Waals surface area contributed by atoms with Gasteiger partial charge in [0, 0.05) is 23.8 Å². The van der Waals surface area contributed by atoms with Gasteiger partial charge >= 0.3 is 6.03 Å². The van der Waals surface area contributed by atoms with Gasteiger partial charge in [0.1, 0.15) is 5.82 Å². The maximum atomic E-state index is 11.9. The fraction of sp³-hybridized carbons (Fsp3) is 0.231. The molecule has 2 aromatic rings. The fourth-order valence-electron chi connectivity index (χ4n) is 1.72. The number of aromatic amines is 1. The maximum Gasteiger partial charge on any atom is 0.319 e. The second-order valence-electron chi connectivity index (χ2n) is 4.16. The number of anilines is 2. The van der Waals surface area contributed by atoms with E-state index < -0.39 is 0 Å². The summed E-state index contributed by atoms with van der Waals surface area (Å²) in [7, 11) is 0. The normalized spacial score (nSPS) is 11.8. The Morgan fingerprint density at radius 1 is 1.42 bits per heavy atom. The van der Waals surface area contributed by atoms with Crippen molar-refractivity contribution in [3.63, 3.8) is 0 Å². The van der Waals surface area contributed by atoms with Crippen molar-refractivity contribution in [2.75, 3.05) is 11.1 Å². The van der Waals surface area contributed by atoms with E-state index in [1.165, 1.54) is 0 Å². The fourth-order valence-corrected chi connectivity index (χ4v) is 1.72. The van der Waals surface area contributed by atoms with E-state index in [0.29, 0.717) is 11.4 Å². The van der Waals surface area contributed by atoms with Crippen LogP contribution in [0.3, 0.4) is 0 Å². The van der Waals surface area contributed by atoms with Crippen molar-refractivity contribution in [1.82, 2.24) is 15.3 Å². The highest BCUT2D eigenvalue weighted by atomic mass is 16.2. The lowest BCUT2D eigenvalue weighted by Crippen LogP contribution is -2.32. The number of H-pyrrole nitrogens is 1. The Kier molecular flexibility index (Phi) is 4.02. The molecule has 5 N–H and O–H groups in total. The third-order valence-corrected chi connectivity index (χ3v) is 2.73. The number of amides is 2. The van der Waals surface area contributed by atoms with Gasteiger partial charge < -0.3 is 21.4 Å². The smallest absolute Gasteiger partial charge is 0.319 e. The zero-order valence-corrected chi connectivity index (χ0v) is 10.7. The molecular formula is C13H17N5O. The molecule has 1 unspecified atom stereocenters. The Morgan fingerprint density at radius 3 is 2.74 bits per heavy atom. The lowest BCUT2D eigenvalue weighted by atomic mass is 10.2. The van der Waals surface area contributed by atoms with Crippen LogP contribution < -0.4 is 16.4 Å². The first-order chi connectivity index (χ1) is 9.19. The Bertz CT molecular complexity index is 520. The van der Waals surface area contributed by atoms with E-state index in [1.54, 1.807) is 36.7 Å². The molecule has 2 rings (SSSR count). The summed E-state index contributed by atoms with van der Waals surface area (Å²) in [6, 6.07) is 6.57. The molecule has 0 aliphatic carbocycles. The average Bonchev–Trinajstić information content (AvgIpc) is 2.92. The minimum Gasteiger partial charge on any atom is -0.399 e. The summed E-state index contributed by atoms with van der Waals surface area (Å²) in [6.45, 7) is 1.98. The summed E-state index contributed by atoms with van der Waals surface area (Å²) in [5.74, 6) is 0.745. The zero-order chi connectivity index (χ0) is 13.7. The number of imidazole rings is 1. The van der Waals surface area contributed by atoms with Crippen molar-refractivity contribution < 1.29 is 4.79 Å². The Hall–Kier alpha value is -2.50. The van der Waals surface area contributed by atoms with E-state index in [2.05, 4.69) is 20.6 Å². The van der Waals surface area contributed by atoms with Crippen LogP contribution in [0.2, 0.25) is 0 Å². The number of urea groups is 1. The molecule has 0 spiro atoms. The minimum atomic E-state index is -0.270. The van der Waals surface area contributed by atoms with Gasteiger partial charge in [-0.2, -0.15) is 0 Å². The first kappa shape index (κ1) is 12.9. The van der Waals surface area contributed by atoms with Gasteiger partial charge in [-0.3, -0.25) is 0 Å². The van der Waals surface area contributed by atoms with Crippen LogP contribution in [0.5, 0.6) is 0 Å². The van der Waals surface area contributed by atoms with E-state index in [0.717, 1.165) is 12.2 Å². The summed E-state index contributed by atoms with van der Waals surface area (Å²) < 4.78 is 0. The van der Waals surface area contributed by atoms with E-state index in [4.69, 9.17) is 5.73 Å². The van der Waals surface area contributed by atoms with Crippen LogP contribution in [0.4, 0.5) is 16.2 Å². The van der Waals surface area contributed by atoms with Crippen molar-refractivity contribution in [1.29, 1.82) is 0 Å². The number of rotatable bonds is 4. The number of nitrogens with two attached hydrogens (primary N) is 1. The standard InChI is InChI=1S/C13H17N5O/c1-2-11(12-15-7-8-16-12)18-13(19)17-10-5-3-9(14)4-6-10/h3-8,11H,2,14H2,1H3,(H,15,16)(H2,17,18,19). The molecule has 19 heavy (non-hydrogen) atoms. The van der Waals surface area contributed by atoms with E-state index in [-0.39, 0.29) is 12.1 Å². The topological polar surface area (TPSA) is 95.8 Å². The summed E-state index contributed by atoms with van der Waals surface area (Å²) in [6.07, 6.45) is 4.15. The molecule has 0 aliphatic heterocycles. The van der Waals surface area contributed by atoms with Gasteiger partial charge in [0.05, 0.1) is 6.04 Å². The third-order valence-electron chi connectivity index (χ3n) is 2.73. The Balaban J connectivity index is 1.95. The molecule has 1 atom stereocenters. The molecule has 6 heteroatoms. The quantitative estimate of drug-likeness (QED) is 0.634. The first-order valence-corrected chi connectivity index (χ1v) is 6.11. The van der Waals surface area contributed by atoms with Crippen molar-refractivity contribution >= 4 is 17.4 Å². The van der Waals surface area contributed by atoms with Crippen LogP contribution >= 0.6 is 0 Å². The predicted octanol–water partition coefficient (Wildman–Crippen LogP) is 2.26. The van der Waals surface area contributed by atoms with Crippen LogP contribution in [0.15, 0.2) is 36.7 Å². The molecule has 1 aromatic heterocycles. The van der Waals surface area contributed by atoms with Gasteiger partial charge in [0.15, 0.2) is 0 Å². The first-order valence-electron chi connectivity index (χ1n) is 6.11. The predicted molar refractivity (Wildman–Crippen MR) is 74.6 cm³/mol. The van der Waals surface area contributed by atoms with Gasteiger partial charge in [-0.15, -0.1) is 0 Å². The van der Waals surface area contributed by atoms with Crippen LogP contribution in [-0.2, 0) is 0 Å². The summed E-state index contributed by atoms with van der Waals surface area (Å²) in [5.41, 5.74) is 6.94. The summed E-state index contributed by atoms with van der Waals surface area (Å²) >= 11 is 0. The molecular weight excluding hydrogens is 242 g/mol. The molecule has 0 aliphatic rings. The van der Waals surface area contributed by atoms with Gasteiger partial charge in [-0.05, 0) is 30.7 Å². The summed E-state index contributed by atoms with van der Waals surface area (Å²) in [5, 5.41) is 5.61. The molecule has 0 bridgehead atoms. The Morgan fingerprint density at radius 2 is 2.16 bits per heavy atom. The summed E-state index contributed by atoms with van der Waals surface area (Å²) in [4.78, 5) is 19.0. The third kappa shape index (κ3) is 3.48. The number of nitrogens with zero attached hydrogens (tertiary/aromatic N) is 1. The number of carbonyl (C=O) groups excluding carboxylic acids is 1. The highest BCUT2D eigenvalue weighted by molar-refractivity contribution is 5.89. The van der Waals surface area contributed by atoms with E-state index >= 15 is 0 Å². The highest BCUT2D eigenvalue weighted by Gasteiger charge is 2.14. The number of aromatic nitrogens is 2. The number of hydrogen-bond donors (Lipinski definition) is 4. The molecule has 2 amide bonds.